The van der Waals surface area contributed by atoms with Crippen molar-refractivity contribution in [2.45, 2.75) is 19.4 Å². The molecule has 2 N–H and O–H groups in total. The van der Waals surface area contributed by atoms with Gasteiger partial charge in [-0.25, -0.2) is 13.1 Å². The Morgan fingerprint density at radius 3 is 2.61 bits per heavy atom. The first kappa shape index (κ1) is 15.6. The second-order valence-electron chi connectivity index (χ2n) is 4.14. The molecule has 0 saturated heterocycles. The molecule has 0 radical (unpaired) electrons. The fourth-order valence-electron chi connectivity index (χ4n) is 1.70. The highest BCUT2D eigenvalue weighted by atomic mass is 79.9. The molecule has 0 aliphatic heterocycles. The Balaban J connectivity index is 2.48. The van der Waals surface area contributed by atoms with Crippen molar-refractivity contribution in [3.63, 3.8) is 0 Å². The van der Waals surface area contributed by atoms with Crippen LogP contribution in [0.25, 0.3) is 0 Å². The highest BCUT2D eigenvalue weighted by Gasteiger charge is 2.08. The molecule has 1 aromatic rings. The van der Waals surface area contributed by atoms with E-state index in [2.05, 4.69) is 45.0 Å². The standard InChI is InChI=1S/C12H19BrN2O2S/c1-3-12(10-5-4-6-11(13)9-10)14-7-8-15-18(2,16)17/h4-6,9,12,14-15H,3,7-8H2,1-2H3. The molecule has 18 heavy (non-hydrogen) atoms. The Morgan fingerprint density at radius 2 is 2.06 bits per heavy atom. The summed E-state index contributed by atoms with van der Waals surface area (Å²) in [7, 11) is -3.10. The Labute approximate surface area is 117 Å². The molecular formula is C12H19BrN2O2S. The quantitative estimate of drug-likeness (QED) is 0.750. The minimum absolute atomic E-state index is 0.240. The normalized spacial score (nSPS) is 13.5. The maximum absolute atomic E-state index is 10.9. The molecular weight excluding hydrogens is 316 g/mol. The van der Waals surface area contributed by atoms with Crippen molar-refractivity contribution >= 4 is 26.0 Å². The maximum atomic E-state index is 10.9. The van der Waals surface area contributed by atoms with Crippen molar-refractivity contribution in [1.82, 2.24) is 10.0 Å². The summed E-state index contributed by atoms with van der Waals surface area (Å²) < 4.78 is 25.3. The molecule has 1 aromatic carbocycles. The first-order valence-corrected chi connectivity index (χ1v) is 8.54. The lowest BCUT2D eigenvalue weighted by Gasteiger charge is -2.17. The average Bonchev–Trinajstić information content (AvgIpc) is 2.27. The van der Waals surface area contributed by atoms with Gasteiger partial charge in [0, 0.05) is 23.6 Å². The lowest BCUT2D eigenvalue weighted by Crippen LogP contribution is -2.32. The molecule has 0 aromatic heterocycles. The summed E-state index contributed by atoms with van der Waals surface area (Å²) in [6, 6.07) is 8.37. The van der Waals surface area contributed by atoms with Crippen LogP contribution in [0.5, 0.6) is 0 Å². The van der Waals surface area contributed by atoms with E-state index in [4.69, 9.17) is 0 Å². The van der Waals surface area contributed by atoms with Crippen molar-refractivity contribution < 1.29 is 8.42 Å². The van der Waals surface area contributed by atoms with Gasteiger partial charge in [0.15, 0.2) is 0 Å². The fraction of sp³-hybridized carbons (Fsp3) is 0.500. The van der Waals surface area contributed by atoms with Gasteiger partial charge < -0.3 is 5.32 Å². The number of benzene rings is 1. The lowest BCUT2D eigenvalue weighted by molar-refractivity contribution is 0.516. The third kappa shape index (κ3) is 5.95. The number of hydrogen-bond acceptors (Lipinski definition) is 3. The van der Waals surface area contributed by atoms with Crippen LogP contribution in [0.1, 0.15) is 24.9 Å². The smallest absolute Gasteiger partial charge is 0.208 e. The molecule has 0 bridgehead atoms. The summed E-state index contributed by atoms with van der Waals surface area (Å²) in [6.07, 6.45) is 2.12. The number of halogens is 1. The van der Waals surface area contributed by atoms with Gasteiger partial charge in [-0.1, -0.05) is 35.0 Å². The van der Waals surface area contributed by atoms with Crippen LogP contribution in [0.2, 0.25) is 0 Å². The van der Waals surface area contributed by atoms with E-state index in [9.17, 15) is 8.42 Å². The topological polar surface area (TPSA) is 58.2 Å². The van der Waals surface area contributed by atoms with Gasteiger partial charge in [-0.2, -0.15) is 0 Å². The van der Waals surface area contributed by atoms with E-state index >= 15 is 0 Å². The largest absolute Gasteiger partial charge is 0.309 e. The summed E-state index contributed by atoms with van der Waals surface area (Å²) in [4.78, 5) is 0. The first-order chi connectivity index (χ1) is 8.42. The molecule has 0 saturated carbocycles. The van der Waals surface area contributed by atoms with Crippen LogP contribution < -0.4 is 10.0 Å². The van der Waals surface area contributed by atoms with Crippen LogP contribution in [-0.2, 0) is 10.0 Å². The van der Waals surface area contributed by atoms with Gasteiger partial charge in [0.1, 0.15) is 0 Å². The van der Waals surface area contributed by atoms with Crippen LogP contribution in [0.3, 0.4) is 0 Å². The van der Waals surface area contributed by atoms with E-state index in [0.717, 1.165) is 10.9 Å². The molecule has 1 atom stereocenters. The average molecular weight is 335 g/mol. The monoisotopic (exact) mass is 334 g/mol. The van der Waals surface area contributed by atoms with E-state index in [-0.39, 0.29) is 6.04 Å². The molecule has 0 amide bonds. The number of rotatable bonds is 7. The van der Waals surface area contributed by atoms with E-state index < -0.39 is 10.0 Å². The number of nitrogens with one attached hydrogen (secondary N) is 2. The van der Waals surface area contributed by atoms with E-state index in [0.29, 0.717) is 13.1 Å². The van der Waals surface area contributed by atoms with E-state index in [1.54, 1.807) is 0 Å². The Bertz CT molecular complexity index is 477. The maximum Gasteiger partial charge on any atom is 0.208 e. The Hall–Kier alpha value is -0.430. The fourth-order valence-corrected chi connectivity index (χ4v) is 2.59. The van der Waals surface area contributed by atoms with Crippen molar-refractivity contribution in [3.8, 4) is 0 Å². The zero-order valence-corrected chi connectivity index (χ0v) is 13.0. The van der Waals surface area contributed by atoms with Crippen molar-refractivity contribution in [1.29, 1.82) is 0 Å². The van der Waals surface area contributed by atoms with Gasteiger partial charge >= 0.3 is 0 Å². The van der Waals surface area contributed by atoms with Gasteiger partial charge in [0.2, 0.25) is 10.0 Å². The molecule has 1 unspecified atom stereocenters. The van der Waals surface area contributed by atoms with Crippen molar-refractivity contribution in [2.75, 3.05) is 19.3 Å². The molecule has 0 aliphatic carbocycles. The zero-order valence-electron chi connectivity index (χ0n) is 10.6. The minimum Gasteiger partial charge on any atom is -0.309 e. The third-order valence-electron chi connectivity index (χ3n) is 2.54. The Morgan fingerprint density at radius 1 is 1.33 bits per heavy atom. The van der Waals surface area contributed by atoms with Gasteiger partial charge in [0.25, 0.3) is 0 Å². The summed E-state index contributed by atoms with van der Waals surface area (Å²) >= 11 is 3.45. The van der Waals surface area contributed by atoms with Crippen LogP contribution >= 0.6 is 15.9 Å². The summed E-state index contributed by atoms with van der Waals surface area (Å²) in [5, 5.41) is 3.34. The van der Waals surface area contributed by atoms with Crippen LogP contribution in [0.4, 0.5) is 0 Å². The molecule has 0 heterocycles. The third-order valence-corrected chi connectivity index (χ3v) is 3.76. The SMILES string of the molecule is CCC(NCCNS(C)(=O)=O)c1cccc(Br)c1. The van der Waals surface area contributed by atoms with Gasteiger partial charge in [0.05, 0.1) is 6.26 Å². The predicted octanol–water partition coefficient (Wildman–Crippen LogP) is 2.04. The van der Waals surface area contributed by atoms with Gasteiger partial charge in [-0.3, -0.25) is 0 Å². The summed E-state index contributed by atoms with van der Waals surface area (Å²) in [5.41, 5.74) is 1.20. The molecule has 4 nitrogen and oxygen atoms in total. The molecule has 0 aliphatic rings. The van der Waals surface area contributed by atoms with E-state index in [1.165, 1.54) is 11.8 Å². The lowest BCUT2D eigenvalue weighted by atomic mass is 10.0. The number of hydrogen-bond donors (Lipinski definition) is 2. The second-order valence-corrected chi connectivity index (χ2v) is 6.89. The summed E-state index contributed by atoms with van der Waals surface area (Å²) in [6.45, 7) is 3.12. The molecule has 0 fully saturated rings. The molecule has 6 heteroatoms. The minimum atomic E-state index is -3.10. The molecule has 0 spiro atoms. The van der Waals surface area contributed by atoms with E-state index in [1.807, 2.05) is 12.1 Å². The van der Waals surface area contributed by atoms with Crippen molar-refractivity contribution in [3.05, 3.63) is 34.3 Å². The van der Waals surface area contributed by atoms with Crippen LogP contribution in [-0.4, -0.2) is 27.8 Å². The highest BCUT2D eigenvalue weighted by Crippen LogP contribution is 2.20. The number of sulfonamides is 1. The summed E-state index contributed by atoms with van der Waals surface area (Å²) in [5.74, 6) is 0. The highest BCUT2D eigenvalue weighted by molar-refractivity contribution is 9.10. The molecule has 1 rings (SSSR count). The Kier molecular flexibility index (Phi) is 6.28. The zero-order chi connectivity index (χ0) is 13.6. The van der Waals surface area contributed by atoms with Crippen LogP contribution in [0, 0.1) is 0 Å². The molecule has 102 valence electrons. The van der Waals surface area contributed by atoms with Crippen molar-refractivity contribution in [2.24, 2.45) is 0 Å². The second kappa shape index (κ2) is 7.23. The first-order valence-electron chi connectivity index (χ1n) is 5.86. The van der Waals surface area contributed by atoms with Gasteiger partial charge in [-0.15, -0.1) is 0 Å². The predicted molar refractivity (Wildman–Crippen MR) is 78.0 cm³/mol. The van der Waals surface area contributed by atoms with Gasteiger partial charge in [-0.05, 0) is 24.1 Å². The van der Waals surface area contributed by atoms with Crippen LogP contribution in [0.15, 0.2) is 28.7 Å².